The summed E-state index contributed by atoms with van der Waals surface area (Å²) in [5.41, 5.74) is 1.16. The largest absolute Gasteiger partial charge is 0.466 e. The van der Waals surface area contributed by atoms with E-state index in [1.54, 1.807) is 0 Å². The van der Waals surface area contributed by atoms with Crippen LogP contribution in [0.3, 0.4) is 0 Å². The summed E-state index contributed by atoms with van der Waals surface area (Å²) in [5, 5.41) is 3.90. The summed E-state index contributed by atoms with van der Waals surface area (Å²) in [4.78, 5) is 0. The number of halogens is 1. The first kappa shape index (κ1) is 13.7. The van der Waals surface area contributed by atoms with Crippen LogP contribution in [0.15, 0.2) is 18.2 Å². The summed E-state index contributed by atoms with van der Waals surface area (Å²) in [6, 6.07) is 5.85. The Hall–Kier alpha value is -0.770. The Kier molecular flexibility index (Phi) is 5.29. The Labute approximate surface area is 113 Å². The van der Waals surface area contributed by atoms with Gasteiger partial charge in [0.05, 0.1) is 11.6 Å². The number of nitrogens with one attached hydrogen (secondary N) is 1. The average molecular weight is 270 g/mol. The van der Waals surface area contributed by atoms with Gasteiger partial charge in [-0.05, 0) is 43.0 Å². The lowest BCUT2D eigenvalue weighted by atomic mass is 10.2. The fraction of sp³-hybridized carbons (Fsp3) is 0.571. The fourth-order valence-electron chi connectivity index (χ4n) is 1.65. The van der Waals surface area contributed by atoms with E-state index in [1.807, 2.05) is 18.2 Å². The van der Waals surface area contributed by atoms with E-state index in [4.69, 9.17) is 21.1 Å². The van der Waals surface area contributed by atoms with Crippen molar-refractivity contribution >= 4 is 11.6 Å². The molecule has 0 amide bonds. The Morgan fingerprint density at radius 3 is 2.89 bits per heavy atom. The molecule has 0 aromatic heterocycles. The van der Waals surface area contributed by atoms with Crippen molar-refractivity contribution in [3.8, 4) is 5.75 Å². The van der Waals surface area contributed by atoms with Gasteiger partial charge in [0.1, 0.15) is 5.75 Å². The molecule has 2 rings (SSSR count). The monoisotopic (exact) mass is 269 g/mol. The summed E-state index contributed by atoms with van der Waals surface area (Å²) in [6.07, 6.45) is 2.58. The highest BCUT2D eigenvalue weighted by molar-refractivity contribution is 6.32. The second kappa shape index (κ2) is 6.98. The Morgan fingerprint density at radius 1 is 1.39 bits per heavy atom. The first-order valence-corrected chi connectivity index (χ1v) is 6.87. The summed E-state index contributed by atoms with van der Waals surface area (Å²) in [5.74, 6) is 1.44. The molecule has 0 atom stereocenters. The molecule has 1 aromatic rings. The zero-order valence-electron chi connectivity index (χ0n) is 10.7. The van der Waals surface area contributed by atoms with Crippen LogP contribution in [-0.4, -0.2) is 19.9 Å². The Bertz CT molecular complexity index is 380. The maximum absolute atomic E-state index is 6.15. The van der Waals surface area contributed by atoms with Crippen molar-refractivity contribution in [3.63, 3.8) is 0 Å². The predicted octanol–water partition coefficient (Wildman–Crippen LogP) is 3.21. The molecule has 0 bridgehead atoms. The van der Waals surface area contributed by atoms with Crippen molar-refractivity contribution in [1.82, 2.24) is 5.32 Å². The summed E-state index contributed by atoms with van der Waals surface area (Å²) in [7, 11) is 0. The van der Waals surface area contributed by atoms with Crippen LogP contribution in [0.4, 0.5) is 0 Å². The van der Waals surface area contributed by atoms with Crippen LogP contribution in [0.2, 0.25) is 5.02 Å². The lowest BCUT2D eigenvalue weighted by Gasteiger charge is -2.10. The minimum atomic E-state index is 0.281. The molecule has 1 aromatic carbocycles. The molecule has 3 nitrogen and oxygen atoms in total. The van der Waals surface area contributed by atoms with Crippen molar-refractivity contribution < 1.29 is 9.47 Å². The van der Waals surface area contributed by atoms with E-state index in [-0.39, 0.29) is 6.79 Å². The molecular weight excluding hydrogens is 250 g/mol. The van der Waals surface area contributed by atoms with Crippen LogP contribution >= 0.6 is 11.6 Å². The highest BCUT2D eigenvalue weighted by Crippen LogP contribution is 2.29. The molecule has 100 valence electrons. The molecule has 1 N–H and O–H groups in total. The summed E-state index contributed by atoms with van der Waals surface area (Å²) < 4.78 is 10.9. The average Bonchev–Trinajstić information content (AvgIpc) is 3.18. The normalized spacial score (nSPS) is 14.8. The van der Waals surface area contributed by atoms with E-state index >= 15 is 0 Å². The molecule has 1 aliphatic rings. The van der Waals surface area contributed by atoms with Crippen LogP contribution in [-0.2, 0) is 11.3 Å². The van der Waals surface area contributed by atoms with Gasteiger partial charge in [0.2, 0.25) is 0 Å². The van der Waals surface area contributed by atoms with Crippen molar-refractivity contribution in [3.05, 3.63) is 28.8 Å². The molecule has 0 saturated heterocycles. The van der Waals surface area contributed by atoms with Crippen LogP contribution in [0, 0.1) is 5.92 Å². The van der Waals surface area contributed by atoms with E-state index < -0.39 is 0 Å². The van der Waals surface area contributed by atoms with Crippen LogP contribution < -0.4 is 10.1 Å². The zero-order valence-corrected chi connectivity index (χ0v) is 11.5. The molecule has 1 fully saturated rings. The molecule has 0 spiro atoms. The highest BCUT2D eigenvalue weighted by Gasteiger charge is 2.21. The molecular formula is C14H20ClNO2. The van der Waals surface area contributed by atoms with Crippen molar-refractivity contribution in [2.45, 2.75) is 26.3 Å². The van der Waals surface area contributed by atoms with Crippen molar-refractivity contribution in [2.75, 3.05) is 19.9 Å². The zero-order chi connectivity index (χ0) is 12.8. The van der Waals surface area contributed by atoms with Gasteiger partial charge in [-0.15, -0.1) is 0 Å². The van der Waals surface area contributed by atoms with Gasteiger partial charge in [0.25, 0.3) is 0 Å². The van der Waals surface area contributed by atoms with Crippen molar-refractivity contribution in [1.29, 1.82) is 0 Å². The van der Waals surface area contributed by atoms with Gasteiger partial charge in [0, 0.05) is 6.54 Å². The first-order chi connectivity index (χ1) is 8.79. The molecule has 0 unspecified atom stereocenters. The predicted molar refractivity (Wildman–Crippen MR) is 73.0 cm³/mol. The minimum Gasteiger partial charge on any atom is -0.466 e. The minimum absolute atomic E-state index is 0.281. The molecule has 4 heteroatoms. The van der Waals surface area contributed by atoms with Gasteiger partial charge in [0.15, 0.2) is 6.79 Å². The van der Waals surface area contributed by atoms with Gasteiger partial charge in [-0.3, -0.25) is 0 Å². The van der Waals surface area contributed by atoms with E-state index in [0.717, 1.165) is 31.2 Å². The fourth-order valence-corrected chi connectivity index (χ4v) is 1.90. The third-order valence-corrected chi connectivity index (χ3v) is 3.22. The maximum Gasteiger partial charge on any atom is 0.189 e. The van der Waals surface area contributed by atoms with Gasteiger partial charge in [-0.2, -0.15) is 0 Å². The van der Waals surface area contributed by atoms with Gasteiger partial charge >= 0.3 is 0 Å². The second-order valence-electron chi connectivity index (χ2n) is 4.62. The van der Waals surface area contributed by atoms with Crippen LogP contribution in [0.5, 0.6) is 5.75 Å². The van der Waals surface area contributed by atoms with Gasteiger partial charge < -0.3 is 14.8 Å². The molecule has 0 radical (unpaired) electrons. The maximum atomic E-state index is 6.15. The molecule has 18 heavy (non-hydrogen) atoms. The van der Waals surface area contributed by atoms with Crippen molar-refractivity contribution in [2.24, 2.45) is 5.92 Å². The topological polar surface area (TPSA) is 30.5 Å². The first-order valence-electron chi connectivity index (χ1n) is 6.49. The third kappa shape index (κ3) is 4.48. The van der Waals surface area contributed by atoms with Gasteiger partial charge in [-0.25, -0.2) is 0 Å². The number of hydrogen-bond acceptors (Lipinski definition) is 3. The van der Waals surface area contributed by atoms with E-state index in [0.29, 0.717) is 10.8 Å². The standard InChI is InChI=1S/C14H20ClNO2/c1-2-16-8-12-5-6-14(13(15)7-12)18-10-17-9-11-3-4-11/h5-7,11,16H,2-4,8-10H2,1H3. The van der Waals surface area contributed by atoms with Crippen LogP contribution in [0.1, 0.15) is 25.3 Å². The smallest absolute Gasteiger partial charge is 0.189 e. The van der Waals surface area contributed by atoms with Crippen LogP contribution in [0.25, 0.3) is 0 Å². The number of hydrogen-bond donors (Lipinski definition) is 1. The van der Waals surface area contributed by atoms with E-state index in [2.05, 4.69) is 12.2 Å². The number of ether oxygens (including phenoxy) is 2. The Morgan fingerprint density at radius 2 is 2.22 bits per heavy atom. The quantitative estimate of drug-likeness (QED) is 0.581. The second-order valence-corrected chi connectivity index (χ2v) is 5.03. The van der Waals surface area contributed by atoms with E-state index in [1.165, 1.54) is 12.8 Å². The molecule has 1 aliphatic carbocycles. The lowest BCUT2D eigenvalue weighted by molar-refractivity contribution is 0.0100. The number of rotatable bonds is 8. The SMILES string of the molecule is CCNCc1ccc(OCOCC2CC2)c(Cl)c1. The summed E-state index contributed by atoms with van der Waals surface area (Å²) >= 11 is 6.15. The number of benzene rings is 1. The molecule has 1 saturated carbocycles. The van der Waals surface area contributed by atoms with E-state index in [9.17, 15) is 0 Å². The molecule has 0 aliphatic heterocycles. The lowest BCUT2D eigenvalue weighted by Crippen LogP contribution is -2.11. The third-order valence-electron chi connectivity index (χ3n) is 2.92. The van der Waals surface area contributed by atoms with Gasteiger partial charge in [-0.1, -0.05) is 24.6 Å². The summed E-state index contributed by atoms with van der Waals surface area (Å²) in [6.45, 7) is 4.94. The highest BCUT2D eigenvalue weighted by atomic mass is 35.5. The Balaban J connectivity index is 1.76. The molecule has 0 heterocycles.